The molecular weight excluding hydrogens is 212 g/mol. The van der Waals surface area contributed by atoms with Crippen molar-refractivity contribution < 1.29 is 4.74 Å². The minimum Gasteiger partial charge on any atom is -0.496 e. The average Bonchev–Trinajstić information content (AvgIpc) is 2.35. The summed E-state index contributed by atoms with van der Waals surface area (Å²) >= 11 is 0. The summed E-state index contributed by atoms with van der Waals surface area (Å²) in [5.74, 6) is 0.875. The number of ether oxygens (including phenoxy) is 1. The lowest BCUT2D eigenvalue weighted by Gasteiger charge is -2.10. The quantitative estimate of drug-likeness (QED) is 0.815. The van der Waals surface area contributed by atoms with Crippen molar-refractivity contribution in [2.75, 3.05) is 14.2 Å². The Morgan fingerprint density at radius 2 is 1.94 bits per heavy atom. The summed E-state index contributed by atoms with van der Waals surface area (Å²) < 4.78 is 5.23. The first-order valence-electron chi connectivity index (χ1n) is 5.56. The number of rotatable bonds is 3. The number of allylic oxidation sites excluding steroid dienone is 1. The third kappa shape index (κ3) is 2.87. The third-order valence-corrected chi connectivity index (χ3v) is 2.99. The van der Waals surface area contributed by atoms with Crippen molar-refractivity contribution in [2.24, 2.45) is 10.7 Å². The summed E-state index contributed by atoms with van der Waals surface area (Å²) in [6, 6.07) is 5.93. The Bertz CT molecular complexity index is 473. The van der Waals surface area contributed by atoms with E-state index < -0.39 is 0 Å². The van der Waals surface area contributed by atoms with E-state index in [4.69, 9.17) is 10.5 Å². The molecule has 0 unspecified atom stereocenters. The molecule has 0 heterocycles. The van der Waals surface area contributed by atoms with Crippen molar-refractivity contribution in [2.45, 2.75) is 20.8 Å². The Hall–Kier alpha value is -1.77. The molecule has 3 nitrogen and oxygen atoms in total. The molecule has 0 aliphatic heterocycles. The largest absolute Gasteiger partial charge is 0.496 e. The maximum absolute atomic E-state index is 6.13. The summed E-state index contributed by atoms with van der Waals surface area (Å²) in [4.78, 5) is 4.15. The molecule has 0 aliphatic rings. The highest BCUT2D eigenvalue weighted by atomic mass is 16.5. The van der Waals surface area contributed by atoms with Crippen molar-refractivity contribution in [3.63, 3.8) is 0 Å². The van der Waals surface area contributed by atoms with Gasteiger partial charge in [0.15, 0.2) is 0 Å². The van der Waals surface area contributed by atoms with Crippen LogP contribution in [0.3, 0.4) is 0 Å². The van der Waals surface area contributed by atoms with Gasteiger partial charge in [-0.2, -0.15) is 0 Å². The Balaban J connectivity index is 3.22. The molecular formula is C14H20N2O. The maximum Gasteiger partial charge on any atom is 0.121 e. The second-order valence-electron chi connectivity index (χ2n) is 4.03. The number of nitrogens with two attached hydrogens (primary N) is 1. The van der Waals surface area contributed by atoms with Gasteiger partial charge in [-0.3, -0.25) is 4.99 Å². The molecule has 1 rings (SSSR count). The molecule has 92 valence electrons. The zero-order chi connectivity index (χ0) is 13.0. The van der Waals surface area contributed by atoms with E-state index in [1.54, 1.807) is 14.2 Å². The van der Waals surface area contributed by atoms with E-state index in [2.05, 4.69) is 4.99 Å². The molecule has 0 fully saturated rings. The number of aliphatic imine (C=N–C) groups is 1. The van der Waals surface area contributed by atoms with E-state index in [1.165, 1.54) is 0 Å². The summed E-state index contributed by atoms with van der Waals surface area (Å²) in [5, 5.41) is 0. The zero-order valence-electron chi connectivity index (χ0n) is 11.2. The van der Waals surface area contributed by atoms with E-state index >= 15 is 0 Å². The Morgan fingerprint density at radius 1 is 1.29 bits per heavy atom. The lowest BCUT2D eigenvalue weighted by atomic mass is 10.0. The van der Waals surface area contributed by atoms with Gasteiger partial charge in [-0.05, 0) is 55.7 Å². The monoisotopic (exact) mass is 232 g/mol. The van der Waals surface area contributed by atoms with Crippen molar-refractivity contribution in [1.82, 2.24) is 0 Å². The highest BCUT2D eigenvalue weighted by Crippen LogP contribution is 2.22. The van der Waals surface area contributed by atoms with Crippen LogP contribution in [0.4, 0.5) is 0 Å². The van der Waals surface area contributed by atoms with Gasteiger partial charge < -0.3 is 10.5 Å². The highest BCUT2D eigenvalue weighted by molar-refractivity contribution is 6.03. The van der Waals surface area contributed by atoms with Crippen LogP contribution in [0.1, 0.15) is 25.0 Å². The van der Waals surface area contributed by atoms with E-state index in [0.29, 0.717) is 0 Å². The summed E-state index contributed by atoms with van der Waals surface area (Å²) in [6.07, 6.45) is 0. The van der Waals surface area contributed by atoms with E-state index in [0.717, 1.165) is 33.9 Å². The first kappa shape index (κ1) is 13.3. The summed E-state index contributed by atoms with van der Waals surface area (Å²) in [6.45, 7) is 5.95. The van der Waals surface area contributed by atoms with Crippen molar-refractivity contribution >= 4 is 11.4 Å². The first-order valence-corrected chi connectivity index (χ1v) is 5.56. The van der Waals surface area contributed by atoms with Gasteiger partial charge in [0, 0.05) is 18.5 Å². The van der Waals surface area contributed by atoms with Crippen LogP contribution in [0.5, 0.6) is 5.75 Å². The standard InChI is InChI=1S/C14H20N2O/c1-9-8-12(6-7-13(9)17-5)14(15)10(2)11(3)16-4/h6-8H,15H2,1-5H3. The maximum atomic E-state index is 6.13. The van der Waals surface area contributed by atoms with E-state index in [-0.39, 0.29) is 0 Å². The van der Waals surface area contributed by atoms with Crippen molar-refractivity contribution in [3.05, 3.63) is 34.9 Å². The number of hydrogen-bond acceptors (Lipinski definition) is 3. The Labute approximate surface area is 103 Å². The Kier molecular flexibility index (Phi) is 4.32. The molecule has 0 amide bonds. The molecule has 0 atom stereocenters. The number of hydrogen-bond donors (Lipinski definition) is 1. The second-order valence-corrected chi connectivity index (χ2v) is 4.03. The molecule has 0 aliphatic carbocycles. The fraction of sp³-hybridized carbons (Fsp3) is 0.357. The normalized spacial score (nSPS) is 13.4. The van der Waals surface area contributed by atoms with Crippen LogP contribution in [0.15, 0.2) is 28.8 Å². The zero-order valence-corrected chi connectivity index (χ0v) is 11.2. The number of methoxy groups -OCH3 is 1. The molecule has 1 aromatic carbocycles. The SMILES string of the molecule is CN=C(C)C(C)=C(N)c1ccc(OC)c(C)c1. The van der Waals surface area contributed by atoms with Gasteiger partial charge in [0.1, 0.15) is 5.75 Å². The van der Waals surface area contributed by atoms with Crippen LogP contribution in [-0.4, -0.2) is 19.9 Å². The van der Waals surface area contributed by atoms with Gasteiger partial charge in [0.25, 0.3) is 0 Å². The predicted molar refractivity (Wildman–Crippen MR) is 73.5 cm³/mol. The van der Waals surface area contributed by atoms with Gasteiger partial charge in [-0.15, -0.1) is 0 Å². The van der Waals surface area contributed by atoms with Crippen LogP contribution >= 0.6 is 0 Å². The smallest absolute Gasteiger partial charge is 0.121 e. The van der Waals surface area contributed by atoms with Crippen molar-refractivity contribution in [1.29, 1.82) is 0 Å². The molecule has 2 N–H and O–H groups in total. The van der Waals surface area contributed by atoms with Crippen LogP contribution < -0.4 is 10.5 Å². The molecule has 1 aromatic rings. The van der Waals surface area contributed by atoms with Crippen LogP contribution in [0.2, 0.25) is 0 Å². The minimum absolute atomic E-state index is 0.763. The van der Waals surface area contributed by atoms with E-state index in [1.807, 2.05) is 39.0 Å². The highest BCUT2D eigenvalue weighted by Gasteiger charge is 2.06. The topological polar surface area (TPSA) is 47.6 Å². The fourth-order valence-corrected chi connectivity index (χ4v) is 1.63. The summed E-state index contributed by atoms with van der Waals surface area (Å²) in [7, 11) is 3.44. The van der Waals surface area contributed by atoms with Gasteiger partial charge >= 0.3 is 0 Å². The summed E-state index contributed by atoms with van der Waals surface area (Å²) in [5.41, 5.74) is 10.9. The van der Waals surface area contributed by atoms with Crippen LogP contribution in [-0.2, 0) is 0 Å². The lowest BCUT2D eigenvalue weighted by molar-refractivity contribution is 0.411. The molecule has 0 saturated carbocycles. The second kappa shape index (κ2) is 5.53. The Morgan fingerprint density at radius 3 is 2.41 bits per heavy atom. The van der Waals surface area contributed by atoms with Crippen LogP contribution in [0, 0.1) is 6.92 Å². The lowest BCUT2D eigenvalue weighted by Crippen LogP contribution is -2.06. The number of benzene rings is 1. The fourth-order valence-electron chi connectivity index (χ4n) is 1.63. The molecule has 0 aromatic heterocycles. The van der Waals surface area contributed by atoms with Gasteiger partial charge in [0.05, 0.1) is 7.11 Å². The van der Waals surface area contributed by atoms with Crippen LogP contribution in [0.25, 0.3) is 5.70 Å². The van der Waals surface area contributed by atoms with Gasteiger partial charge in [0.2, 0.25) is 0 Å². The number of aryl methyl sites for hydroxylation is 1. The molecule has 0 spiro atoms. The van der Waals surface area contributed by atoms with Gasteiger partial charge in [-0.1, -0.05) is 0 Å². The van der Waals surface area contributed by atoms with Gasteiger partial charge in [-0.25, -0.2) is 0 Å². The molecule has 0 radical (unpaired) electrons. The molecule has 0 bridgehead atoms. The third-order valence-electron chi connectivity index (χ3n) is 2.99. The molecule has 3 heteroatoms. The predicted octanol–water partition coefficient (Wildman–Crippen LogP) is 2.78. The number of nitrogens with zero attached hydrogens (tertiary/aromatic N) is 1. The first-order chi connectivity index (χ1) is 8.01. The average molecular weight is 232 g/mol. The minimum atomic E-state index is 0.763. The van der Waals surface area contributed by atoms with Crippen molar-refractivity contribution in [3.8, 4) is 5.75 Å². The van der Waals surface area contributed by atoms with E-state index in [9.17, 15) is 0 Å². The molecule has 17 heavy (non-hydrogen) atoms. The molecule has 0 saturated heterocycles.